The van der Waals surface area contributed by atoms with Crippen molar-refractivity contribution in [2.45, 2.75) is 53.0 Å². The molecule has 0 atom stereocenters. The van der Waals surface area contributed by atoms with Crippen LogP contribution in [0.1, 0.15) is 62.3 Å². The molecule has 2 N–H and O–H groups in total. The summed E-state index contributed by atoms with van der Waals surface area (Å²) in [5, 5.41) is 17.1. The van der Waals surface area contributed by atoms with Crippen LogP contribution >= 0.6 is 0 Å². The molecule has 0 bridgehead atoms. The third-order valence-corrected chi connectivity index (χ3v) is 3.70. The third kappa shape index (κ3) is 3.37. The highest BCUT2D eigenvalue weighted by Gasteiger charge is 2.25. The van der Waals surface area contributed by atoms with E-state index in [0.29, 0.717) is 5.56 Å². The van der Waals surface area contributed by atoms with Gasteiger partial charge in [0.1, 0.15) is 0 Å². The number of carbonyl (C=O) groups is 1. The first-order valence-electron chi connectivity index (χ1n) is 7.96. The van der Waals surface area contributed by atoms with Gasteiger partial charge in [-0.25, -0.2) is 9.67 Å². The maximum atomic E-state index is 12.5. The topological polar surface area (TPSA) is 80.0 Å². The molecule has 0 saturated heterocycles. The van der Waals surface area contributed by atoms with E-state index >= 15 is 0 Å². The molecule has 0 spiro atoms. The number of aliphatic hydroxyl groups excluding tert-OH is 1. The number of fused-ring (bicyclic) bond motifs is 1. The van der Waals surface area contributed by atoms with E-state index in [9.17, 15) is 4.79 Å². The Morgan fingerprint density at radius 1 is 1.39 bits per heavy atom. The lowest BCUT2D eigenvalue weighted by Gasteiger charge is -2.20. The molecule has 2 heterocycles. The van der Waals surface area contributed by atoms with Crippen LogP contribution in [0, 0.1) is 6.92 Å². The lowest BCUT2D eigenvalue weighted by atomic mass is 10.0. The molecule has 0 aliphatic rings. The Labute approximate surface area is 136 Å². The van der Waals surface area contributed by atoms with E-state index in [1.165, 1.54) is 0 Å². The fourth-order valence-electron chi connectivity index (χ4n) is 2.52. The maximum absolute atomic E-state index is 12.5. The van der Waals surface area contributed by atoms with Gasteiger partial charge in [0.05, 0.1) is 28.8 Å². The molecule has 0 aromatic carbocycles. The second-order valence-corrected chi connectivity index (χ2v) is 7.10. The van der Waals surface area contributed by atoms with Crippen molar-refractivity contribution in [1.29, 1.82) is 0 Å². The van der Waals surface area contributed by atoms with E-state index in [-0.39, 0.29) is 30.5 Å². The summed E-state index contributed by atoms with van der Waals surface area (Å²) >= 11 is 0. The van der Waals surface area contributed by atoms with Crippen LogP contribution in [0.3, 0.4) is 0 Å². The SMILES string of the molecule is Cc1nn(C(C)(C)C)c2nc(C(C)C)cc(C(=O)NCCO)c12. The van der Waals surface area contributed by atoms with Crippen molar-refractivity contribution in [2.24, 2.45) is 0 Å². The van der Waals surface area contributed by atoms with Crippen LogP contribution in [-0.4, -0.2) is 38.9 Å². The predicted molar refractivity (Wildman–Crippen MR) is 90.8 cm³/mol. The highest BCUT2D eigenvalue weighted by atomic mass is 16.3. The number of aromatic nitrogens is 3. The molecule has 0 fully saturated rings. The van der Waals surface area contributed by atoms with E-state index in [1.54, 1.807) is 0 Å². The van der Waals surface area contributed by atoms with Crippen molar-refractivity contribution in [2.75, 3.05) is 13.2 Å². The number of aliphatic hydroxyl groups is 1. The second-order valence-electron chi connectivity index (χ2n) is 7.10. The van der Waals surface area contributed by atoms with E-state index in [4.69, 9.17) is 10.1 Å². The van der Waals surface area contributed by atoms with Gasteiger partial charge in [0, 0.05) is 12.2 Å². The number of amides is 1. The molecule has 6 heteroatoms. The molecule has 1 amide bonds. The lowest BCUT2D eigenvalue weighted by Crippen LogP contribution is -2.27. The summed E-state index contributed by atoms with van der Waals surface area (Å²) in [4.78, 5) is 17.3. The molecular formula is C17H26N4O2. The van der Waals surface area contributed by atoms with Gasteiger partial charge < -0.3 is 10.4 Å². The summed E-state index contributed by atoms with van der Waals surface area (Å²) in [7, 11) is 0. The Kier molecular flexibility index (Phi) is 4.75. The molecule has 0 unspecified atom stereocenters. The van der Waals surface area contributed by atoms with Crippen molar-refractivity contribution in [1.82, 2.24) is 20.1 Å². The number of hydrogen-bond acceptors (Lipinski definition) is 4. The zero-order chi connectivity index (χ0) is 17.4. The van der Waals surface area contributed by atoms with Crippen molar-refractivity contribution >= 4 is 16.9 Å². The maximum Gasteiger partial charge on any atom is 0.252 e. The molecule has 0 radical (unpaired) electrons. The zero-order valence-electron chi connectivity index (χ0n) is 14.8. The van der Waals surface area contributed by atoms with Gasteiger partial charge in [-0.2, -0.15) is 5.10 Å². The molecule has 2 aromatic rings. The standard InChI is InChI=1S/C17H26N4O2/c1-10(2)13-9-12(16(23)18-7-8-22)14-11(3)20-21(15(14)19-13)17(4,5)6/h9-10,22H,7-8H2,1-6H3,(H,18,23). The van der Waals surface area contributed by atoms with Crippen molar-refractivity contribution in [3.63, 3.8) is 0 Å². The van der Waals surface area contributed by atoms with Crippen molar-refractivity contribution in [3.8, 4) is 0 Å². The predicted octanol–water partition coefficient (Wildman–Crippen LogP) is 2.34. The summed E-state index contributed by atoms with van der Waals surface area (Å²) in [5.41, 5.74) is 2.72. The first kappa shape index (κ1) is 17.4. The minimum absolute atomic E-state index is 0.0861. The van der Waals surface area contributed by atoms with Crippen LogP contribution in [-0.2, 0) is 5.54 Å². The fraction of sp³-hybridized carbons (Fsp3) is 0.588. The highest BCUT2D eigenvalue weighted by molar-refractivity contribution is 6.06. The Morgan fingerprint density at radius 3 is 2.57 bits per heavy atom. The average Bonchev–Trinajstić information content (AvgIpc) is 2.81. The number of hydrogen-bond donors (Lipinski definition) is 2. The quantitative estimate of drug-likeness (QED) is 0.907. The van der Waals surface area contributed by atoms with E-state index in [2.05, 4.69) is 31.2 Å². The summed E-state index contributed by atoms with van der Waals surface area (Å²) in [6.45, 7) is 12.3. The monoisotopic (exact) mass is 318 g/mol. The number of nitrogens with zero attached hydrogens (tertiary/aromatic N) is 3. The minimum atomic E-state index is -0.228. The Bertz CT molecular complexity index is 726. The van der Waals surface area contributed by atoms with Gasteiger partial charge in [-0.3, -0.25) is 4.79 Å². The zero-order valence-corrected chi connectivity index (χ0v) is 14.8. The molecule has 23 heavy (non-hydrogen) atoms. The molecule has 2 rings (SSSR count). The van der Waals surface area contributed by atoms with Gasteiger partial charge in [-0.15, -0.1) is 0 Å². The number of rotatable bonds is 4. The first-order chi connectivity index (χ1) is 10.7. The van der Waals surface area contributed by atoms with Crippen LogP contribution in [0.25, 0.3) is 11.0 Å². The summed E-state index contributed by atoms with van der Waals surface area (Å²) in [6, 6.07) is 1.83. The number of carbonyl (C=O) groups excluding carboxylic acids is 1. The average molecular weight is 318 g/mol. The molecule has 0 aliphatic carbocycles. The Morgan fingerprint density at radius 2 is 2.04 bits per heavy atom. The van der Waals surface area contributed by atoms with Crippen LogP contribution in [0.2, 0.25) is 0 Å². The minimum Gasteiger partial charge on any atom is -0.395 e. The van der Waals surface area contributed by atoms with Gasteiger partial charge in [0.25, 0.3) is 5.91 Å². The van der Waals surface area contributed by atoms with E-state index in [0.717, 1.165) is 22.4 Å². The fourth-order valence-corrected chi connectivity index (χ4v) is 2.52. The molecular weight excluding hydrogens is 292 g/mol. The normalized spacial score (nSPS) is 12.2. The van der Waals surface area contributed by atoms with Gasteiger partial charge in [0.15, 0.2) is 5.65 Å². The van der Waals surface area contributed by atoms with Crippen molar-refractivity contribution < 1.29 is 9.90 Å². The second kappa shape index (κ2) is 6.28. The van der Waals surface area contributed by atoms with E-state index < -0.39 is 0 Å². The van der Waals surface area contributed by atoms with Gasteiger partial charge in [-0.1, -0.05) is 13.8 Å². The molecule has 0 aliphatic heterocycles. The van der Waals surface area contributed by atoms with Crippen LogP contribution in [0.15, 0.2) is 6.07 Å². The van der Waals surface area contributed by atoms with Crippen LogP contribution in [0.5, 0.6) is 0 Å². The van der Waals surface area contributed by atoms with Gasteiger partial charge in [-0.05, 0) is 39.7 Å². The number of pyridine rings is 1. The largest absolute Gasteiger partial charge is 0.395 e. The van der Waals surface area contributed by atoms with Gasteiger partial charge >= 0.3 is 0 Å². The number of nitrogens with one attached hydrogen (secondary N) is 1. The Balaban J connectivity index is 2.75. The third-order valence-electron chi connectivity index (χ3n) is 3.70. The number of aryl methyl sites for hydroxylation is 1. The molecule has 126 valence electrons. The van der Waals surface area contributed by atoms with Crippen molar-refractivity contribution in [3.05, 3.63) is 23.0 Å². The molecule has 0 saturated carbocycles. The van der Waals surface area contributed by atoms with Crippen LogP contribution in [0.4, 0.5) is 0 Å². The summed E-state index contributed by atoms with van der Waals surface area (Å²) in [6.07, 6.45) is 0. The molecule has 2 aromatic heterocycles. The molecule has 6 nitrogen and oxygen atoms in total. The Hall–Kier alpha value is -1.95. The smallest absolute Gasteiger partial charge is 0.252 e. The van der Waals surface area contributed by atoms with Crippen LogP contribution < -0.4 is 5.32 Å². The lowest BCUT2D eigenvalue weighted by molar-refractivity contribution is 0.0946. The summed E-state index contributed by atoms with van der Waals surface area (Å²) < 4.78 is 1.88. The summed E-state index contributed by atoms with van der Waals surface area (Å²) in [5.74, 6) is -0.00248. The van der Waals surface area contributed by atoms with E-state index in [1.807, 2.05) is 31.5 Å². The first-order valence-corrected chi connectivity index (χ1v) is 7.96. The highest BCUT2D eigenvalue weighted by Crippen LogP contribution is 2.28. The van der Waals surface area contributed by atoms with Gasteiger partial charge in [0.2, 0.25) is 0 Å².